The summed E-state index contributed by atoms with van der Waals surface area (Å²) in [5.41, 5.74) is 0.879. The lowest BCUT2D eigenvalue weighted by molar-refractivity contribution is -0.157. The van der Waals surface area contributed by atoms with Crippen molar-refractivity contribution in [3.63, 3.8) is 0 Å². The van der Waals surface area contributed by atoms with Crippen molar-refractivity contribution in [2.45, 2.75) is 26.6 Å². The first-order valence-electron chi connectivity index (χ1n) is 9.16. The molecular weight excluding hydrogens is 504 g/mol. The molecule has 2 heterocycles. The first-order valence-corrected chi connectivity index (χ1v) is 9.16. The predicted octanol–water partition coefficient (Wildman–Crippen LogP) is 1.70. The molecule has 0 atom stereocenters. The number of carbonyl (C=O) groups is 1. The zero-order chi connectivity index (χ0) is 20.7. The van der Waals surface area contributed by atoms with Crippen molar-refractivity contribution in [1.82, 2.24) is 25.2 Å². The topological polar surface area (TPSA) is 77.2 Å². The van der Waals surface area contributed by atoms with Crippen LogP contribution in [0.15, 0.2) is 15.6 Å². The maximum absolute atomic E-state index is 12.4. The maximum atomic E-state index is 12.4. The molecule has 8 nitrogen and oxygen atoms in total. The molecule has 1 aromatic heterocycles. The van der Waals surface area contributed by atoms with Gasteiger partial charge < -0.3 is 19.6 Å². The summed E-state index contributed by atoms with van der Waals surface area (Å²) in [5, 5.41) is 7.10. The summed E-state index contributed by atoms with van der Waals surface area (Å²) in [6.07, 6.45) is -4.42. The minimum absolute atomic E-state index is 0. The molecule has 29 heavy (non-hydrogen) atoms. The van der Waals surface area contributed by atoms with Crippen LogP contribution in [0.3, 0.4) is 0 Å². The molecule has 166 valence electrons. The van der Waals surface area contributed by atoms with Crippen LogP contribution in [0.25, 0.3) is 0 Å². The van der Waals surface area contributed by atoms with Crippen molar-refractivity contribution >= 4 is 35.8 Å². The highest BCUT2D eigenvalue weighted by Gasteiger charge is 2.31. The van der Waals surface area contributed by atoms with E-state index in [9.17, 15) is 18.0 Å². The van der Waals surface area contributed by atoms with Crippen molar-refractivity contribution in [3.05, 3.63) is 17.5 Å². The number of aromatic nitrogens is 1. The Morgan fingerprint density at radius 2 is 2.00 bits per heavy atom. The quantitative estimate of drug-likeness (QED) is 0.342. The van der Waals surface area contributed by atoms with Crippen LogP contribution in [0, 0.1) is 6.92 Å². The van der Waals surface area contributed by atoms with Gasteiger partial charge in [-0.15, -0.1) is 24.0 Å². The second-order valence-corrected chi connectivity index (χ2v) is 6.73. The summed E-state index contributed by atoms with van der Waals surface area (Å²) >= 11 is 0. The molecule has 1 aromatic rings. The highest BCUT2D eigenvalue weighted by atomic mass is 127. The number of likely N-dealkylation sites (N-methyl/N-ethyl adjacent to an activating group) is 1. The number of halogens is 4. The van der Waals surface area contributed by atoms with Gasteiger partial charge in [0.05, 0.1) is 5.69 Å². The van der Waals surface area contributed by atoms with E-state index >= 15 is 0 Å². The lowest BCUT2D eigenvalue weighted by Crippen LogP contribution is -2.52. The van der Waals surface area contributed by atoms with Gasteiger partial charge in [-0.05, 0) is 13.8 Å². The first kappa shape index (κ1) is 25.5. The Labute approximate surface area is 185 Å². The molecule has 1 N–H and O–H groups in total. The lowest BCUT2D eigenvalue weighted by Gasteiger charge is -2.36. The Morgan fingerprint density at radius 1 is 1.34 bits per heavy atom. The molecule has 0 radical (unpaired) electrons. The average Bonchev–Trinajstić information content (AvgIpc) is 3.02. The van der Waals surface area contributed by atoms with Crippen molar-refractivity contribution in [3.8, 4) is 0 Å². The normalized spacial score (nSPS) is 15.8. The van der Waals surface area contributed by atoms with E-state index in [2.05, 4.69) is 20.4 Å². The number of hydrogen-bond donors (Lipinski definition) is 1. The summed E-state index contributed by atoms with van der Waals surface area (Å²) in [7, 11) is 1.13. The Hall–Kier alpha value is -1.57. The molecule has 1 amide bonds. The van der Waals surface area contributed by atoms with Gasteiger partial charge in [0.2, 0.25) is 5.91 Å². The zero-order valence-corrected chi connectivity index (χ0v) is 19.2. The molecule has 1 saturated heterocycles. The fourth-order valence-corrected chi connectivity index (χ4v) is 2.89. The minimum atomic E-state index is -4.42. The summed E-state index contributed by atoms with van der Waals surface area (Å²) < 4.78 is 42.3. The van der Waals surface area contributed by atoms with Gasteiger partial charge in [0, 0.05) is 52.4 Å². The highest BCUT2D eigenvalue weighted by Crippen LogP contribution is 2.15. The standard InChI is InChI=1S/C17H27F3N6O2.HI/c1-4-21-16(22-10-15(27)24(3)12-17(18,19)20)26-7-5-25(6-8-26)11-14-9-13(2)28-23-14;/h9H,4-8,10-12H2,1-3H3,(H,21,22);1H. The molecule has 0 saturated carbocycles. The van der Waals surface area contributed by atoms with Crippen LogP contribution in [0.5, 0.6) is 0 Å². The molecule has 1 aliphatic heterocycles. The molecule has 0 aliphatic carbocycles. The summed E-state index contributed by atoms with van der Waals surface area (Å²) in [5.74, 6) is 0.635. The van der Waals surface area contributed by atoms with Crippen LogP contribution in [0.4, 0.5) is 13.2 Å². The highest BCUT2D eigenvalue weighted by molar-refractivity contribution is 14.0. The molecule has 0 aromatic carbocycles. The van der Waals surface area contributed by atoms with Gasteiger partial charge in [-0.2, -0.15) is 13.2 Å². The molecule has 1 fully saturated rings. The third-order valence-corrected chi connectivity index (χ3v) is 4.28. The summed E-state index contributed by atoms with van der Waals surface area (Å²) in [6, 6.07) is 1.90. The largest absolute Gasteiger partial charge is 0.406 e. The van der Waals surface area contributed by atoms with Gasteiger partial charge in [-0.25, -0.2) is 4.99 Å². The molecule has 0 unspecified atom stereocenters. The number of hydrogen-bond acceptors (Lipinski definition) is 5. The van der Waals surface area contributed by atoms with E-state index in [1.54, 1.807) is 0 Å². The SMILES string of the molecule is CCNC(=NCC(=O)N(C)CC(F)(F)F)N1CCN(Cc2cc(C)on2)CC1.I. The monoisotopic (exact) mass is 532 g/mol. The second-order valence-electron chi connectivity index (χ2n) is 6.73. The molecular formula is C17H28F3IN6O2. The van der Waals surface area contributed by atoms with E-state index in [4.69, 9.17) is 4.52 Å². The molecule has 2 rings (SSSR count). The minimum Gasteiger partial charge on any atom is -0.361 e. The number of aryl methyl sites for hydroxylation is 1. The number of aliphatic imine (C=N–C) groups is 1. The van der Waals surface area contributed by atoms with Crippen LogP contribution < -0.4 is 5.32 Å². The average molecular weight is 532 g/mol. The Balaban J connectivity index is 0.00000420. The van der Waals surface area contributed by atoms with Gasteiger partial charge in [0.15, 0.2) is 5.96 Å². The lowest BCUT2D eigenvalue weighted by atomic mass is 10.3. The van der Waals surface area contributed by atoms with Crippen LogP contribution >= 0.6 is 24.0 Å². The number of carbonyl (C=O) groups excluding carboxylic acids is 1. The van der Waals surface area contributed by atoms with Crippen molar-refractivity contribution in [2.75, 3.05) is 52.9 Å². The molecule has 1 aliphatic rings. The Kier molecular flexibility index (Phi) is 10.2. The molecule has 12 heteroatoms. The van der Waals surface area contributed by atoms with Gasteiger partial charge in [0.1, 0.15) is 18.8 Å². The summed E-state index contributed by atoms with van der Waals surface area (Å²) in [4.78, 5) is 21.0. The maximum Gasteiger partial charge on any atom is 0.406 e. The number of alkyl halides is 3. The van der Waals surface area contributed by atoms with Crippen LogP contribution in [0.2, 0.25) is 0 Å². The number of nitrogens with zero attached hydrogens (tertiary/aromatic N) is 5. The number of amides is 1. The van der Waals surface area contributed by atoms with Gasteiger partial charge in [-0.3, -0.25) is 9.69 Å². The van der Waals surface area contributed by atoms with Crippen molar-refractivity contribution in [1.29, 1.82) is 0 Å². The third-order valence-electron chi connectivity index (χ3n) is 4.28. The van der Waals surface area contributed by atoms with Gasteiger partial charge >= 0.3 is 6.18 Å². The van der Waals surface area contributed by atoms with E-state index in [0.717, 1.165) is 31.6 Å². The van der Waals surface area contributed by atoms with Crippen LogP contribution in [0.1, 0.15) is 18.4 Å². The van der Waals surface area contributed by atoms with Crippen molar-refractivity contribution in [2.24, 2.45) is 4.99 Å². The fraction of sp³-hybridized carbons (Fsp3) is 0.706. The van der Waals surface area contributed by atoms with E-state index in [1.165, 1.54) is 0 Å². The van der Waals surface area contributed by atoms with E-state index in [1.807, 2.05) is 24.8 Å². The second kappa shape index (κ2) is 11.6. The van der Waals surface area contributed by atoms with E-state index in [-0.39, 0.29) is 30.5 Å². The fourth-order valence-electron chi connectivity index (χ4n) is 2.89. The zero-order valence-electron chi connectivity index (χ0n) is 16.8. The van der Waals surface area contributed by atoms with E-state index < -0.39 is 18.6 Å². The van der Waals surface area contributed by atoms with Gasteiger partial charge in [-0.1, -0.05) is 5.16 Å². The molecule has 0 spiro atoms. The Bertz CT molecular complexity index is 674. The van der Waals surface area contributed by atoms with E-state index in [0.29, 0.717) is 37.0 Å². The number of guanidine groups is 1. The van der Waals surface area contributed by atoms with Gasteiger partial charge in [0.25, 0.3) is 0 Å². The smallest absolute Gasteiger partial charge is 0.361 e. The van der Waals surface area contributed by atoms with Crippen molar-refractivity contribution < 1.29 is 22.5 Å². The third kappa shape index (κ3) is 8.76. The van der Waals surface area contributed by atoms with Crippen LogP contribution in [-0.2, 0) is 11.3 Å². The number of nitrogens with one attached hydrogen (secondary N) is 1. The summed E-state index contributed by atoms with van der Waals surface area (Å²) in [6.45, 7) is 6.37. The predicted molar refractivity (Wildman–Crippen MR) is 113 cm³/mol. The molecule has 0 bridgehead atoms. The Morgan fingerprint density at radius 3 is 2.52 bits per heavy atom. The number of rotatable bonds is 6. The van der Waals surface area contributed by atoms with Crippen LogP contribution in [-0.4, -0.2) is 90.8 Å². The first-order chi connectivity index (χ1) is 13.2. The number of piperazine rings is 1.